The highest BCUT2D eigenvalue weighted by Gasteiger charge is 2.50. The van der Waals surface area contributed by atoms with Crippen LogP contribution in [0, 0.1) is 30.6 Å². The van der Waals surface area contributed by atoms with Crippen molar-refractivity contribution >= 4 is 40.0 Å². The van der Waals surface area contributed by atoms with Gasteiger partial charge in [-0.3, -0.25) is 19.2 Å². The summed E-state index contributed by atoms with van der Waals surface area (Å²) >= 11 is 0. The van der Waals surface area contributed by atoms with Crippen molar-refractivity contribution in [3.8, 4) is 23.0 Å². The van der Waals surface area contributed by atoms with Crippen molar-refractivity contribution in [2.75, 3.05) is 32.2 Å². The summed E-state index contributed by atoms with van der Waals surface area (Å²) in [6, 6.07) is 0.756. The van der Waals surface area contributed by atoms with Crippen molar-refractivity contribution in [1.29, 1.82) is 0 Å². The number of carbonyl (C=O) groups excluding carboxylic acids is 4. The number of benzene rings is 2. The van der Waals surface area contributed by atoms with Crippen LogP contribution in [0.25, 0.3) is 10.8 Å². The first-order chi connectivity index (χ1) is 28.6. The van der Waals surface area contributed by atoms with Crippen molar-refractivity contribution in [1.82, 2.24) is 4.90 Å². The lowest BCUT2D eigenvalue weighted by atomic mass is 9.78. The summed E-state index contributed by atoms with van der Waals surface area (Å²) < 4.78 is 35.5. The molecule has 4 aliphatic rings. The first-order valence-corrected chi connectivity index (χ1v) is 20.5. The van der Waals surface area contributed by atoms with E-state index in [2.05, 4.69) is 5.32 Å². The Morgan fingerprint density at radius 2 is 1.59 bits per heavy atom. The van der Waals surface area contributed by atoms with E-state index in [9.17, 15) is 39.6 Å². The molecular weight excluding hydrogens is 792 g/mol. The van der Waals surface area contributed by atoms with E-state index >= 15 is 0 Å². The number of Topliss-reactive ketones (excluding diaryl/α,β-unsaturated/α-hetero) is 1. The van der Waals surface area contributed by atoms with Crippen LogP contribution in [0.4, 0.5) is 5.69 Å². The van der Waals surface area contributed by atoms with Crippen molar-refractivity contribution in [2.24, 2.45) is 23.7 Å². The molecule has 334 valence electrons. The number of aromatic hydroxyl groups is 2. The largest absolute Gasteiger partial charge is 0.507 e. The minimum Gasteiger partial charge on any atom is -0.507 e. The molecular formula is C45H60N2O14. The van der Waals surface area contributed by atoms with E-state index in [-0.39, 0.29) is 62.6 Å². The number of aliphatic hydroxyl groups is 2. The number of carbonyl (C=O) groups is 4. The molecule has 0 radical (unpaired) electrons. The molecule has 5 bridgehead atoms. The molecule has 5 N–H and O–H groups in total. The van der Waals surface area contributed by atoms with Crippen LogP contribution in [-0.2, 0) is 33.3 Å². The fourth-order valence-corrected chi connectivity index (χ4v) is 8.46. The SMILES string of the molecule is CO[C@H]1/C=C\O[C@@]2(C)Oc3c(C)c(O)c4c(O)c(cc(OCC(=O)N5C(C)COCC5C)c4c3C2=O)NC(=O)/C(C)=C\C=C/[C@H](C)[C@H](O)[C@@H](C)[C@@H](O)[C@@H](C)[C@H](OC(C)=O)[C@@H]1C. The monoisotopic (exact) mass is 852 g/mol. The number of esters is 1. The second-order valence-electron chi connectivity index (χ2n) is 16.7. The number of hydrogen-bond donors (Lipinski definition) is 5. The zero-order valence-electron chi connectivity index (χ0n) is 36.7. The van der Waals surface area contributed by atoms with Gasteiger partial charge in [0.25, 0.3) is 17.6 Å². The maximum Gasteiger partial charge on any atom is 0.312 e. The number of ether oxygens (including phenoxy) is 6. The van der Waals surface area contributed by atoms with E-state index in [0.717, 1.165) is 0 Å². The standard InChI is InChI=1S/C45H60N2O14/c1-21-13-12-14-22(2)44(55)46-30-17-32(58-20-33(49)47-23(3)18-57-19-24(47)4)34-35(40(30)53)39(52)28(8)42-36(34)43(54)45(10,61-42)59-16-15-31(56-11)25(5)41(60-29(9)48)27(7)38(51)26(6)37(21)50/h12-17,21,23-27,31,37-38,41,50-53H,18-20H2,1-11H3,(H,46,55)/b13-12-,16-15-,22-14-/t21-,23?,24?,25+,26+,27+,31-,37-,38+,41+,45-/m0/s1. The second-order valence-corrected chi connectivity index (χ2v) is 16.7. The molecule has 6 rings (SSSR count). The predicted octanol–water partition coefficient (Wildman–Crippen LogP) is 5.06. The lowest BCUT2D eigenvalue weighted by Gasteiger charge is -2.38. The second kappa shape index (κ2) is 18.8. The molecule has 1 saturated heterocycles. The molecule has 2 unspecified atom stereocenters. The van der Waals surface area contributed by atoms with Crippen LogP contribution in [0.15, 0.2) is 42.2 Å². The van der Waals surface area contributed by atoms with Gasteiger partial charge in [0, 0.05) is 67.2 Å². The number of ketones is 1. The van der Waals surface area contributed by atoms with Gasteiger partial charge >= 0.3 is 11.8 Å². The zero-order chi connectivity index (χ0) is 45.2. The highest BCUT2D eigenvalue weighted by Crippen LogP contribution is 2.54. The van der Waals surface area contributed by atoms with Gasteiger partial charge in [-0.15, -0.1) is 0 Å². The van der Waals surface area contributed by atoms with Gasteiger partial charge in [0.05, 0.1) is 66.5 Å². The minimum absolute atomic E-state index is 0.0651. The molecule has 2 aromatic carbocycles. The Morgan fingerprint density at radius 3 is 2.21 bits per heavy atom. The van der Waals surface area contributed by atoms with Gasteiger partial charge < -0.3 is 59.1 Å². The molecule has 16 heteroatoms. The smallest absolute Gasteiger partial charge is 0.312 e. The Kier molecular flexibility index (Phi) is 14.5. The van der Waals surface area contributed by atoms with Crippen LogP contribution < -0.4 is 14.8 Å². The lowest BCUT2D eigenvalue weighted by molar-refractivity contribution is -0.160. The number of anilines is 1. The third-order valence-electron chi connectivity index (χ3n) is 12.1. The van der Waals surface area contributed by atoms with Gasteiger partial charge in [-0.05, 0) is 33.8 Å². The first kappa shape index (κ1) is 46.9. The van der Waals surface area contributed by atoms with Crippen molar-refractivity contribution in [3.05, 3.63) is 53.3 Å². The van der Waals surface area contributed by atoms with E-state index in [0.29, 0.717) is 13.2 Å². The molecule has 4 aliphatic heterocycles. The average Bonchev–Trinajstić information content (AvgIpc) is 3.47. The number of morpholine rings is 1. The summed E-state index contributed by atoms with van der Waals surface area (Å²) in [6.45, 7) is 16.4. The molecule has 4 heterocycles. The van der Waals surface area contributed by atoms with E-state index in [4.69, 9.17) is 28.4 Å². The molecule has 2 aromatic rings. The van der Waals surface area contributed by atoms with Crippen molar-refractivity contribution in [3.63, 3.8) is 0 Å². The maximum absolute atomic E-state index is 14.6. The Balaban J connectivity index is 1.67. The molecule has 2 amide bonds. The Bertz CT molecular complexity index is 2100. The molecule has 11 atom stereocenters. The third kappa shape index (κ3) is 9.37. The molecule has 61 heavy (non-hydrogen) atoms. The molecule has 0 saturated carbocycles. The van der Waals surface area contributed by atoms with E-state index < -0.39 is 89.6 Å². The van der Waals surface area contributed by atoms with Crippen LogP contribution in [0.5, 0.6) is 23.0 Å². The number of phenols is 2. The minimum atomic E-state index is -2.04. The van der Waals surface area contributed by atoms with Crippen LogP contribution in [0.2, 0.25) is 0 Å². The number of hydrogen-bond acceptors (Lipinski definition) is 14. The highest BCUT2D eigenvalue weighted by atomic mass is 16.7. The summed E-state index contributed by atoms with van der Waals surface area (Å²) in [5.41, 5.74) is -0.0390. The molecule has 1 fully saturated rings. The summed E-state index contributed by atoms with van der Waals surface area (Å²) in [6.07, 6.45) is 3.57. The number of allylic oxidation sites excluding steroid dienone is 2. The first-order valence-electron chi connectivity index (χ1n) is 20.5. The average molecular weight is 853 g/mol. The van der Waals surface area contributed by atoms with Crippen molar-refractivity contribution < 1.29 is 68.0 Å². The Labute approximate surface area is 356 Å². The summed E-state index contributed by atoms with van der Waals surface area (Å²) in [5.74, 6) is -8.12. The zero-order valence-corrected chi connectivity index (χ0v) is 36.7. The molecule has 0 aliphatic carbocycles. The van der Waals surface area contributed by atoms with Crippen LogP contribution >= 0.6 is 0 Å². The summed E-state index contributed by atoms with van der Waals surface area (Å²) in [5, 5.41) is 48.6. The summed E-state index contributed by atoms with van der Waals surface area (Å²) in [4.78, 5) is 55.8. The molecule has 0 spiro atoms. The Morgan fingerprint density at radius 1 is 0.934 bits per heavy atom. The number of aliphatic hydroxyl groups excluding tert-OH is 2. The van der Waals surface area contributed by atoms with Gasteiger partial charge in [0.1, 0.15) is 23.4 Å². The third-order valence-corrected chi connectivity index (χ3v) is 12.1. The van der Waals surface area contributed by atoms with E-state index in [1.54, 1.807) is 44.7 Å². The van der Waals surface area contributed by atoms with Crippen LogP contribution in [0.1, 0.15) is 78.2 Å². The van der Waals surface area contributed by atoms with Gasteiger partial charge in [0.15, 0.2) is 12.4 Å². The van der Waals surface area contributed by atoms with E-state index in [1.165, 1.54) is 59.3 Å². The van der Waals surface area contributed by atoms with Gasteiger partial charge in [-0.2, -0.15) is 0 Å². The number of phenolic OH excluding ortho intramolecular Hbond substituents is 2. The summed E-state index contributed by atoms with van der Waals surface area (Å²) in [7, 11) is 1.44. The maximum atomic E-state index is 14.6. The predicted molar refractivity (Wildman–Crippen MR) is 224 cm³/mol. The van der Waals surface area contributed by atoms with Gasteiger partial charge in [-0.25, -0.2) is 0 Å². The number of fused-ring (bicyclic) bond motifs is 14. The number of rotatable bonds is 5. The lowest BCUT2D eigenvalue weighted by Crippen LogP contribution is -2.53. The van der Waals surface area contributed by atoms with Crippen LogP contribution in [-0.4, -0.2) is 118 Å². The molecule has 0 aromatic heterocycles. The number of nitrogens with one attached hydrogen (secondary N) is 1. The number of amides is 2. The number of nitrogens with zero attached hydrogens (tertiary/aromatic N) is 1. The Hall–Kier alpha value is -5.16. The normalized spacial score (nSPS) is 33.3. The quantitative estimate of drug-likeness (QED) is 0.196. The fraction of sp³-hybridized carbons (Fsp3) is 0.556. The van der Waals surface area contributed by atoms with Gasteiger partial charge in [0.2, 0.25) is 0 Å². The fourth-order valence-electron chi connectivity index (χ4n) is 8.46. The van der Waals surface area contributed by atoms with Crippen molar-refractivity contribution in [2.45, 2.75) is 112 Å². The van der Waals surface area contributed by atoms with E-state index in [1.807, 2.05) is 13.8 Å². The topological polar surface area (TPSA) is 220 Å². The van der Waals surface area contributed by atoms with Gasteiger partial charge in [-0.1, -0.05) is 45.9 Å². The highest BCUT2D eigenvalue weighted by molar-refractivity contribution is 6.21. The van der Waals surface area contributed by atoms with Crippen LogP contribution in [0.3, 0.4) is 0 Å². The number of methoxy groups -OCH3 is 1. The molecule has 16 nitrogen and oxygen atoms in total.